The van der Waals surface area contributed by atoms with E-state index >= 15 is 0 Å². The maximum atomic E-state index is 11.2. The molecule has 2 aromatic heterocycles. The van der Waals surface area contributed by atoms with Crippen molar-refractivity contribution in [3.63, 3.8) is 0 Å². The average Bonchev–Trinajstić information content (AvgIpc) is 2.32. The van der Waals surface area contributed by atoms with Crippen LogP contribution in [0.3, 0.4) is 0 Å². The number of aromatic amines is 1. The summed E-state index contributed by atoms with van der Waals surface area (Å²) < 4.78 is 1.32. The van der Waals surface area contributed by atoms with E-state index in [-0.39, 0.29) is 5.56 Å². The molecule has 0 bridgehead atoms. The minimum Gasteiger partial charge on any atom is -0.394 e. The Morgan fingerprint density at radius 3 is 3.08 bits per heavy atom. The monoisotopic (exact) mass is 164 g/mol. The van der Waals surface area contributed by atoms with Gasteiger partial charge in [-0.05, 0) is 6.92 Å². The molecule has 0 atom stereocenters. The van der Waals surface area contributed by atoms with Gasteiger partial charge in [0.1, 0.15) is 0 Å². The predicted molar refractivity (Wildman–Crippen MR) is 45.0 cm³/mol. The number of hydrogen-bond donors (Lipinski definition) is 2. The Morgan fingerprint density at radius 1 is 1.67 bits per heavy atom. The van der Waals surface area contributed by atoms with Crippen molar-refractivity contribution in [1.29, 1.82) is 0 Å². The molecule has 0 aliphatic carbocycles. The Labute approximate surface area is 67.8 Å². The van der Waals surface area contributed by atoms with Crippen molar-refractivity contribution in [2.45, 2.75) is 6.92 Å². The zero-order chi connectivity index (χ0) is 8.72. The smallest absolute Gasteiger partial charge is 0.272 e. The molecule has 0 spiro atoms. The number of nitrogens with one attached hydrogen (secondary N) is 1. The van der Waals surface area contributed by atoms with E-state index in [1.54, 1.807) is 6.92 Å². The summed E-state index contributed by atoms with van der Waals surface area (Å²) in [7, 11) is 0. The second kappa shape index (κ2) is 2.10. The fourth-order valence-corrected chi connectivity index (χ4v) is 1.10. The number of rotatable bonds is 0. The number of nitrogens with two attached hydrogens (primary N) is 1. The number of aryl methyl sites for hydroxylation is 1. The third-order valence-corrected chi connectivity index (χ3v) is 1.77. The molecule has 0 saturated heterocycles. The summed E-state index contributed by atoms with van der Waals surface area (Å²) in [5.41, 5.74) is 7.26. The van der Waals surface area contributed by atoms with Crippen LogP contribution in [0.25, 0.3) is 5.65 Å². The lowest BCUT2D eigenvalue weighted by Gasteiger charge is -1.88. The van der Waals surface area contributed by atoms with Crippen LogP contribution in [-0.2, 0) is 0 Å². The van der Waals surface area contributed by atoms with E-state index in [0.717, 1.165) is 5.69 Å². The van der Waals surface area contributed by atoms with E-state index in [9.17, 15) is 4.79 Å². The second-order valence-corrected chi connectivity index (χ2v) is 2.59. The van der Waals surface area contributed by atoms with Gasteiger partial charge in [-0.2, -0.15) is 4.52 Å². The molecule has 0 aromatic carbocycles. The number of hydrogen-bond acceptors (Lipinski definition) is 3. The predicted octanol–water partition coefficient (Wildman–Crippen LogP) is -0.0868. The Balaban J connectivity index is 3.05. The van der Waals surface area contributed by atoms with Crippen molar-refractivity contribution < 1.29 is 0 Å². The summed E-state index contributed by atoms with van der Waals surface area (Å²) in [6.07, 6.45) is 1.45. The summed E-state index contributed by atoms with van der Waals surface area (Å²) in [6.45, 7) is 1.80. The minimum absolute atomic E-state index is 0.153. The molecular weight excluding hydrogens is 156 g/mol. The van der Waals surface area contributed by atoms with Crippen LogP contribution in [0.15, 0.2) is 17.1 Å². The summed E-state index contributed by atoms with van der Waals surface area (Å²) in [5.74, 6) is 0. The molecule has 0 fully saturated rings. The van der Waals surface area contributed by atoms with Gasteiger partial charge in [0.15, 0.2) is 5.65 Å². The molecular formula is C7H8N4O. The molecule has 2 heterocycles. The minimum atomic E-state index is -0.153. The number of nitrogen functional groups attached to an aromatic ring is 1. The number of H-pyrrole nitrogens is 1. The Bertz CT molecular complexity index is 482. The SMILES string of the molecule is Cc1[nH]n2c(=O)ccnc2c1N. The van der Waals surface area contributed by atoms with Crippen molar-refractivity contribution in [2.75, 3.05) is 5.73 Å². The van der Waals surface area contributed by atoms with Crippen LogP contribution in [-0.4, -0.2) is 14.6 Å². The summed E-state index contributed by atoms with van der Waals surface area (Å²) in [6, 6.07) is 1.38. The lowest BCUT2D eigenvalue weighted by Crippen LogP contribution is -2.12. The lowest BCUT2D eigenvalue weighted by molar-refractivity contribution is 0.881. The van der Waals surface area contributed by atoms with Gasteiger partial charge in [-0.25, -0.2) is 4.98 Å². The van der Waals surface area contributed by atoms with Crippen LogP contribution >= 0.6 is 0 Å². The van der Waals surface area contributed by atoms with Crippen molar-refractivity contribution in [2.24, 2.45) is 0 Å². The third kappa shape index (κ3) is 0.730. The highest BCUT2D eigenvalue weighted by atomic mass is 16.1. The first-order chi connectivity index (χ1) is 5.70. The Morgan fingerprint density at radius 2 is 2.42 bits per heavy atom. The fourth-order valence-electron chi connectivity index (χ4n) is 1.10. The van der Waals surface area contributed by atoms with E-state index in [1.165, 1.54) is 16.8 Å². The van der Waals surface area contributed by atoms with Gasteiger partial charge in [-0.1, -0.05) is 0 Å². The van der Waals surface area contributed by atoms with E-state index in [0.29, 0.717) is 11.3 Å². The topological polar surface area (TPSA) is 76.2 Å². The highest BCUT2D eigenvalue weighted by molar-refractivity contribution is 5.66. The van der Waals surface area contributed by atoms with Gasteiger partial charge in [-0.15, -0.1) is 0 Å². The van der Waals surface area contributed by atoms with Crippen molar-refractivity contribution in [1.82, 2.24) is 14.6 Å². The third-order valence-electron chi connectivity index (χ3n) is 1.77. The zero-order valence-corrected chi connectivity index (χ0v) is 6.53. The van der Waals surface area contributed by atoms with Crippen LogP contribution in [0.4, 0.5) is 5.69 Å². The molecule has 2 aromatic rings. The van der Waals surface area contributed by atoms with Gasteiger partial charge in [0.2, 0.25) is 0 Å². The van der Waals surface area contributed by atoms with E-state index in [4.69, 9.17) is 5.73 Å². The first-order valence-electron chi connectivity index (χ1n) is 3.52. The Kier molecular flexibility index (Phi) is 1.21. The van der Waals surface area contributed by atoms with E-state index < -0.39 is 0 Å². The molecule has 3 N–H and O–H groups in total. The molecule has 5 heteroatoms. The number of aromatic nitrogens is 3. The average molecular weight is 164 g/mol. The zero-order valence-electron chi connectivity index (χ0n) is 6.53. The van der Waals surface area contributed by atoms with Crippen LogP contribution < -0.4 is 11.3 Å². The normalized spacial score (nSPS) is 10.8. The summed E-state index contributed by atoms with van der Waals surface area (Å²) in [5, 5.41) is 2.81. The van der Waals surface area contributed by atoms with Crippen LogP contribution in [0.1, 0.15) is 5.69 Å². The molecule has 0 radical (unpaired) electrons. The van der Waals surface area contributed by atoms with Gasteiger partial charge in [0, 0.05) is 12.3 Å². The quantitative estimate of drug-likeness (QED) is 0.571. The van der Waals surface area contributed by atoms with E-state index in [1.807, 2.05) is 0 Å². The molecule has 0 amide bonds. The maximum Gasteiger partial charge on any atom is 0.272 e. The molecule has 0 aliphatic rings. The van der Waals surface area contributed by atoms with Gasteiger partial charge >= 0.3 is 0 Å². The van der Waals surface area contributed by atoms with Crippen LogP contribution in [0.2, 0.25) is 0 Å². The van der Waals surface area contributed by atoms with Gasteiger partial charge in [-0.3, -0.25) is 9.89 Å². The first-order valence-corrected chi connectivity index (χ1v) is 3.52. The van der Waals surface area contributed by atoms with Crippen LogP contribution in [0, 0.1) is 6.92 Å². The number of nitrogens with zero attached hydrogens (tertiary/aromatic N) is 2. The van der Waals surface area contributed by atoms with Crippen molar-refractivity contribution >= 4 is 11.3 Å². The molecule has 0 saturated carbocycles. The van der Waals surface area contributed by atoms with Crippen molar-refractivity contribution in [3.05, 3.63) is 28.3 Å². The Hall–Kier alpha value is -1.78. The highest BCUT2D eigenvalue weighted by Crippen LogP contribution is 2.11. The molecule has 0 unspecified atom stereocenters. The van der Waals surface area contributed by atoms with Gasteiger partial charge in [0.05, 0.1) is 11.4 Å². The van der Waals surface area contributed by atoms with Crippen LogP contribution in [0.5, 0.6) is 0 Å². The maximum absolute atomic E-state index is 11.2. The second-order valence-electron chi connectivity index (χ2n) is 2.59. The van der Waals surface area contributed by atoms with Crippen molar-refractivity contribution in [3.8, 4) is 0 Å². The molecule has 62 valence electrons. The van der Waals surface area contributed by atoms with E-state index in [2.05, 4.69) is 10.1 Å². The lowest BCUT2D eigenvalue weighted by atomic mass is 10.4. The fraction of sp³-hybridized carbons (Fsp3) is 0.143. The first kappa shape index (κ1) is 6.90. The number of fused-ring (bicyclic) bond motifs is 1. The molecule has 5 nitrogen and oxygen atoms in total. The highest BCUT2D eigenvalue weighted by Gasteiger charge is 2.05. The number of anilines is 1. The largest absolute Gasteiger partial charge is 0.394 e. The summed E-state index contributed by atoms with van der Waals surface area (Å²) >= 11 is 0. The summed E-state index contributed by atoms with van der Waals surface area (Å²) in [4.78, 5) is 15.1. The molecule has 2 rings (SSSR count). The van der Waals surface area contributed by atoms with Gasteiger partial charge in [0.25, 0.3) is 5.56 Å². The standard InChI is InChI=1S/C7H8N4O/c1-4-6(8)7-9-3-2-5(12)11(7)10-4/h2-3,10H,8H2,1H3. The van der Waals surface area contributed by atoms with Gasteiger partial charge < -0.3 is 5.73 Å². The molecule has 0 aliphatic heterocycles. The molecule has 12 heavy (non-hydrogen) atoms.